The summed E-state index contributed by atoms with van der Waals surface area (Å²) in [7, 11) is -4.44. The van der Waals surface area contributed by atoms with Gasteiger partial charge in [-0.3, -0.25) is 14.3 Å². The first-order chi connectivity index (χ1) is 10.5. The average Bonchev–Trinajstić information content (AvgIpc) is 2.70. The Morgan fingerprint density at radius 2 is 2.17 bits per heavy atom. The molecule has 4 atom stereocenters. The van der Waals surface area contributed by atoms with Crippen LogP contribution in [-0.4, -0.2) is 49.1 Å². The molecule has 0 spiro atoms. The molecular weight excluding hydrogens is 354 g/mol. The Bertz CT molecular complexity index is 743. The SMILES string of the molecule is Cc1cn([C@@H]2OC[C@](O)(CCCP(=O)([O-])O)[C@H]2O)c(=O)[nH]c1=O.[Na+]. The van der Waals surface area contributed by atoms with Crippen LogP contribution < -0.4 is 45.7 Å². The van der Waals surface area contributed by atoms with Crippen LogP contribution in [0.4, 0.5) is 0 Å². The summed E-state index contributed by atoms with van der Waals surface area (Å²) in [6.07, 6.45) is -2.27. The first-order valence-corrected chi connectivity index (χ1v) is 8.67. The molecule has 0 bridgehead atoms. The van der Waals surface area contributed by atoms with Gasteiger partial charge < -0.3 is 29.3 Å². The molecule has 2 heterocycles. The Kier molecular flexibility index (Phi) is 7.20. The number of aromatic amines is 1. The Hall–Kier alpha value is -0.290. The third-order valence-corrected chi connectivity index (χ3v) is 4.68. The zero-order valence-corrected chi connectivity index (χ0v) is 16.2. The maximum Gasteiger partial charge on any atom is 1.00 e. The number of rotatable bonds is 5. The van der Waals surface area contributed by atoms with Gasteiger partial charge >= 0.3 is 35.2 Å². The number of aromatic nitrogens is 2. The van der Waals surface area contributed by atoms with E-state index in [0.717, 1.165) is 4.57 Å². The second-order valence-electron chi connectivity index (χ2n) is 5.69. The summed E-state index contributed by atoms with van der Waals surface area (Å²) >= 11 is 0. The zero-order valence-electron chi connectivity index (χ0n) is 13.3. The molecule has 0 radical (unpaired) electrons. The minimum atomic E-state index is -4.44. The summed E-state index contributed by atoms with van der Waals surface area (Å²) in [5, 5.41) is 20.6. The topological polar surface area (TPSA) is 165 Å². The molecule has 1 fully saturated rings. The molecule has 1 unspecified atom stereocenters. The van der Waals surface area contributed by atoms with Crippen molar-refractivity contribution in [3.63, 3.8) is 0 Å². The van der Waals surface area contributed by atoms with Gasteiger partial charge in [-0.25, -0.2) is 4.79 Å². The Morgan fingerprint density at radius 3 is 2.75 bits per heavy atom. The van der Waals surface area contributed by atoms with Crippen LogP contribution in [0.3, 0.4) is 0 Å². The molecule has 0 saturated carbocycles. The number of aliphatic hydroxyl groups excluding tert-OH is 1. The first kappa shape index (κ1) is 21.8. The molecule has 130 valence electrons. The van der Waals surface area contributed by atoms with Gasteiger partial charge in [-0.15, -0.1) is 0 Å². The number of hydrogen-bond donors (Lipinski definition) is 4. The van der Waals surface area contributed by atoms with E-state index in [4.69, 9.17) is 9.63 Å². The van der Waals surface area contributed by atoms with Gasteiger partial charge in [-0.1, -0.05) is 0 Å². The summed E-state index contributed by atoms with van der Waals surface area (Å²) < 4.78 is 16.9. The van der Waals surface area contributed by atoms with Crippen LogP contribution >= 0.6 is 7.60 Å². The van der Waals surface area contributed by atoms with Crippen molar-refractivity contribution in [1.82, 2.24) is 9.55 Å². The molecule has 2 rings (SSSR count). The average molecular weight is 372 g/mol. The molecule has 1 aliphatic rings. The second kappa shape index (κ2) is 7.94. The van der Waals surface area contributed by atoms with Crippen molar-refractivity contribution in [2.24, 2.45) is 0 Å². The predicted octanol–water partition coefficient (Wildman–Crippen LogP) is -5.20. The van der Waals surface area contributed by atoms with Crippen molar-refractivity contribution >= 4 is 7.60 Å². The molecule has 0 amide bonds. The summed E-state index contributed by atoms with van der Waals surface area (Å²) in [6.45, 7) is 1.15. The van der Waals surface area contributed by atoms with E-state index >= 15 is 0 Å². The smallest absolute Gasteiger partial charge is 0.779 e. The van der Waals surface area contributed by atoms with Gasteiger partial charge in [0.2, 0.25) is 0 Å². The number of hydrogen-bond acceptors (Lipinski definition) is 7. The quantitative estimate of drug-likeness (QED) is 0.294. The number of H-pyrrole nitrogens is 1. The number of aryl methyl sites for hydroxylation is 1. The van der Waals surface area contributed by atoms with Crippen molar-refractivity contribution in [2.75, 3.05) is 12.8 Å². The molecule has 24 heavy (non-hydrogen) atoms. The van der Waals surface area contributed by atoms with Gasteiger partial charge in [-0.2, -0.15) is 0 Å². The van der Waals surface area contributed by atoms with Crippen LogP contribution in [0.15, 0.2) is 15.8 Å². The largest absolute Gasteiger partial charge is 1.00 e. The van der Waals surface area contributed by atoms with Gasteiger partial charge in [0.05, 0.1) is 6.61 Å². The van der Waals surface area contributed by atoms with E-state index < -0.39 is 42.9 Å². The molecule has 0 aromatic carbocycles. The number of ether oxygens (including phenoxy) is 1. The number of aliphatic hydroxyl groups is 2. The molecule has 4 N–H and O–H groups in total. The molecule has 10 nitrogen and oxygen atoms in total. The van der Waals surface area contributed by atoms with E-state index in [-0.39, 0.29) is 54.6 Å². The third kappa shape index (κ3) is 4.87. The molecule has 1 aromatic heterocycles. The standard InChI is InChI=1S/C12H19N2O8P.Na/c1-7-5-14(11(17)13-9(7)16)10-8(15)12(18,6-22-10)3-2-4-23(19,20)21;/h5,8,10,15,18H,2-4,6H2,1H3,(H,13,16,17)(H2,19,20,21);/q;+1/p-1/t8-,10+,12+;/m0./s1. The molecule has 1 saturated heterocycles. The summed E-state index contributed by atoms with van der Waals surface area (Å²) in [5.41, 5.74) is -2.90. The van der Waals surface area contributed by atoms with Gasteiger partial charge in [0, 0.05) is 17.9 Å². The predicted molar refractivity (Wildman–Crippen MR) is 75.9 cm³/mol. The maximum atomic E-state index is 11.8. The van der Waals surface area contributed by atoms with Crippen molar-refractivity contribution in [3.05, 3.63) is 32.6 Å². The van der Waals surface area contributed by atoms with E-state index in [0.29, 0.717) is 0 Å². The Labute approximate surface area is 158 Å². The maximum absolute atomic E-state index is 11.8. The van der Waals surface area contributed by atoms with Crippen molar-refractivity contribution < 1.29 is 58.9 Å². The van der Waals surface area contributed by atoms with E-state index in [2.05, 4.69) is 4.98 Å². The van der Waals surface area contributed by atoms with E-state index in [1.165, 1.54) is 13.1 Å². The fourth-order valence-electron chi connectivity index (χ4n) is 2.48. The summed E-state index contributed by atoms with van der Waals surface area (Å²) in [6, 6.07) is 0. The van der Waals surface area contributed by atoms with Crippen LogP contribution in [0.25, 0.3) is 0 Å². The third-order valence-electron chi connectivity index (χ3n) is 3.80. The molecular formula is C12H18N2NaO8P. The van der Waals surface area contributed by atoms with Crippen molar-refractivity contribution in [3.8, 4) is 0 Å². The Morgan fingerprint density at radius 1 is 1.54 bits per heavy atom. The first-order valence-electron chi connectivity index (χ1n) is 6.90. The molecule has 0 aliphatic carbocycles. The van der Waals surface area contributed by atoms with Crippen LogP contribution in [0, 0.1) is 6.92 Å². The van der Waals surface area contributed by atoms with Crippen LogP contribution in [-0.2, 0) is 9.30 Å². The van der Waals surface area contributed by atoms with Gasteiger partial charge in [0.15, 0.2) is 6.23 Å². The van der Waals surface area contributed by atoms with E-state index in [1.807, 2.05) is 0 Å². The minimum Gasteiger partial charge on any atom is -0.779 e. The molecule has 12 heteroatoms. The monoisotopic (exact) mass is 372 g/mol. The van der Waals surface area contributed by atoms with Crippen LogP contribution in [0.2, 0.25) is 0 Å². The molecule has 1 aliphatic heterocycles. The van der Waals surface area contributed by atoms with Crippen LogP contribution in [0.5, 0.6) is 0 Å². The zero-order chi connectivity index (χ0) is 17.4. The normalized spacial score (nSPS) is 29.0. The van der Waals surface area contributed by atoms with E-state index in [1.54, 1.807) is 0 Å². The van der Waals surface area contributed by atoms with Crippen molar-refractivity contribution in [2.45, 2.75) is 37.7 Å². The summed E-state index contributed by atoms with van der Waals surface area (Å²) in [4.78, 5) is 44.6. The van der Waals surface area contributed by atoms with Gasteiger partial charge in [-0.05, 0) is 19.8 Å². The van der Waals surface area contributed by atoms with Crippen molar-refractivity contribution in [1.29, 1.82) is 0 Å². The van der Waals surface area contributed by atoms with Gasteiger partial charge in [0.25, 0.3) is 5.56 Å². The molecule has 1 aromatic rings. The second-order valence-corrected chi connectivity index (χ2v) is 7.42. The number of nitrogens with one attached hydrogen (secondary N) is 1. The van der Waals surface area contributed by atoms with Gasteiger partial charge in [0.1, 0.15) is 19.3 Å². The number of nitrogens with zero attached hydrogens (tertiary/aromatic N) is 1. The Balaban J connectivity index is 0.00000288. The minimum absolute atomic E-state index is 0. The van der Waals surface area contributed by atoms with Crippen LogP contribution in [0.1, 0.15) is 24.6 Å². The summed E-state index contributed by atoms with van der Waals surface area (Å²) in [5.74, 6) is 0. The fourth-order valence-corrected chi connectivity index (χ4v) is 3.04. The van der Waals surface area contributed by atoms with E-state index in [9.17, 15) is 29.3 Å². The fraction of sp³-hybridized carbons (Fsp3) is 0.667.